The first-order chi connectivity index (χ1) is 7.38. The molecular formula is C10H13Cl2NO2S. The molecule has 1 atom stereocenters. The van der Waals surface area contributed by atoms with Gasteiger partial charge in [-0.05, 0) is 26.1 Å². The van der Waals surface area contributed by atoms with E-state index in [0.29, 0.717) is 0 Å². The molecule has 0 aliphatic rings. The zero-order chi connectivity index (χ0) is 12.3. The van der Waals surface area contributed by atoms with Gasteiger partial charge < -0.3 is 5.32 Å². The summed E-state index contributed by atoms with van der Waals surface area (Å²) in [6, 6.07) is 4.50. The highest BCUT2D eigenvalue weighted by atomic mass is 35.5. The van der Waals surface area contributed by atoms with Gasteiger partial charge in [-0.2, -0.15) is 0 Å². The van der Waals surface area contributed by atoms with Crippen LogP contribution in [-0.4, -0.2) is 27.3 Å². The molecule has 1 unspecified atom stereocenters. The lowest BCUT2D eigenvalue weighted by Gasteiger charge is -2.12. The van der Waals surface area contributed by atoms with Gasteiger partial charge in [-0.1, -0.05) is 29.3 Å². The molecule has 1 rings (SSSR count). The second-order valence-electron chi connectivity index (χ2n) is 3.52. The van der Waals surface area contributed by atoms with Gasteiger partial charge in [0.05, 0.1) is 15.8 Å². The molecular weight excluding hydrogens is 269 g/mol. The summed E-state index contributed by atoms with van der Waals surface area (Å²) in [5, 5.41) is 3.19. The maximum absolute atomic E-state index is 12.0. The Balaban J connectivity index is 3.17. The summed E-state index contributed by atoms with van der Waals surface area (Å²) in [6.07, 6.45) is 0. The Hall–Kier alpha value is -0.290. The van der Waals surface area contributed by atoms with E-state index in [0.717, 1.165) is 0 Å². The fraction of sp³-hybridized carbons (Fsp3) is 0.400. The first-order valence-corrected chi connectivity index (χ1v) is 7.13. The predicted octanol–water partition coefficient (Wildman–Crippen LogP) is 2.38. The van der Waals surface area contributed by atoms with Gasteiger partial charge in [0.15, 0.2) is 9.84 Å². The summed E-state index contributed by atoms with van der Waals surface area (Å²) < 4.78 is 24.1. The Morgan fingerprint density at radius 1 is 1.31 bits per heavy atom. The lowest BCUT2D eigenvalue weighted by Crippen LogP contribution is -2.30. The number of hydrogen-bond acceptors (Lipinski definition) is 3. The lowest BCUT2D eigenvalue weighted by atomic mass is 10.4. The smallest absolute Gasteiger partial charge is 0.182 e. The molecule has 0 aromatic heterocycles. The van der Waals surface area contributed by atoms with E-state index in [1.807, 2.05) is 0 Å². The molecule has 1 N–H and O–H groups in total. The van der Waals surface area contributed by atoms with Crippen LogP contribution in [0.5, 0.6) is 0 Å². The summed E-state index contributed by atoms with van der Waals surface area (Å²) in [5.74, 6) is -0.0348. The minimum atomic E-state index is -3.46. The number of rotatable bonds is 4. The second kappa shape index (κ2) is 5.36. The Bertz CT molecular complexity index is 453. The number of hydrogen-bond donors (Lipinski definition) is 1. The van der Waals surface area contributed by atoms with E-state index in [9.17, 15) is 8.42 Å². The SMILES string of the molecule is CNC(C)CS(=O)(=O)c1c(Cl)cccc1Cl. The standard InChI is InChI=1S/C10H13Cl2NO2S/c1-7(13-2)6-16(14,15)10-8(11)4-3-5-9(10)12/h3-5,7,13H,6H2,1-2H3. The van der Waals surface area contributed by atoms with Crippen LogP contribution in [0.2, 0.25) is 10.0 Å². The monoisotopic (exact) mass is 281 g/mol. The molecule has 0 spiro atoms. The maximum atomic E-state index is 12.0. The topological polar surface area (TPSA) is 46.2 Å². The van der Waals surface area contributed by atoms with Crippen molar-refractivity contribution in [3.05, 3.63) is 28.2 Å². The van der Waals surface area contributed by atoms with Crippen LogP contribution >= 0.6 is 23.2 Å². The van der Waals surface area contributed by atoms with Crippen molar-refractivity contribution in [2.75, 3.05) is 12.8 Å². The third kappa shape index (κ3) is 3.10. The average molecular weight is 282 g/mol. The first-order valence-electron chi connectivity index (χ1n) is 4.72. The number of benzene rings is 1. The second-order valence-corrected chi connectivity index (χ2v) is 6.31. The van der Waals surface area contributed by atoms with E-state index in [1.165, 1.54) is 12.1 Å². The van der Waals surface area contributed by atoms with Gasteiger partial charge >= 0.3 is 0 Å². The number of halogens is 2. The molecule has 0 aliphatic carbocycles. The third-order valence-corrected chi connectivity index (χ3v) is 5.05. The average Bonchev–Trinajstić information content (AvgIpc) is 2.16. The highest BCUT2D eigenvalue weighted by molar-refractivity contribution is 7.91. The number of nitrogens with one attached hydrogen (secondary N) is 1. The van der Waals surface area contributed by atoms with Gasteiger partial charge in [-0.3, -0.25) is 0 Å². The molecule has 0 bridgehead atoms. The van der Waals surface area contributed by atoms with Crippen LogP contribution in [0.3, 0.4) is 0 Å². The van der Waals surface area contributed by atoms with Gasteiger partial charge in [0, 0.05) is 6.04 Å². The van der Waals surface area contributed by atoms with Gasteiger partial charge in [0.1, 0.15) is 4.90 Å². The number of sulfone groups is 1. The van der Waals surface area contributed by atoms with E-state index < -0.39 is 9.84 Å². The maximum Gasteiger partial charge on any atom is 0.182 e. The molecule has 1 aromatic carbocycles. The molecule has 0 fully saturated rings. The van der Waals surface area contributed by atoms with Crippen molar-refractivity contribution in [3.8, 4) is 0 Å². The van der Waals surface area contributed by atoms with E-state index in [2.05, 4.69) is 5.32 Å². The molecule has 0 saturated carbocycles. The largest absolute Gasteiger partial charge is 0.316 e. The third-order valence-electron chi connectivity index (χ3n) is 2.19. The Morgan fingerprint density at radius 3 is 2.25 bits per heavy atom. The van der Waals surface area contributed by atoms with Gasteiger partial charge in [-0.15, -0.1) is 0 Å². The van der Waals surface area contributed by atoms with Gasteiger partial charge in [0.25, 0.3) is 0 Å². The molecule has 0 saturated heterocycles. The molecule has 90 valence electrons. The van der Waals surface area contributed by atoms with Crippen LogP contribution in [0.1, 0.15) is 6.92 Å². The summed E-state index contributed by atoms with van der Waals surface area (Å²) in [7, 11) is -1.76. The van der Waals surface area contributed by atoms with Gasteiger partial charge in [0.2, 0.25) is 0 Å². The van der Waals surface area contributed by atoms with Crippen LogP contribution < -0.4 is 5.32 Å². The fourth-order valence-electron chi connectivity index (χ4n) is 1.28. The first kappa shape index (κ1) is 13.8. The van der Waals surface area contributed by atoms with Gasteiger partial charge in [-0.25, -0.2) is 8.42 Å². The molecule has 3 nitrogen and oxygen atoms in total. The zero-order valence-electron chi connectivity index (χ0n) is 9.00. The molecule has 0 heterocycles. The van der Waals surface area contributed by atoms with Crippen LogP contribution in [-0.2, 0) is 9.84 Å². The van der Waals surface area contributed by atoms with Crippen molar-refractivity contribution < 1.29 is 8.42 Å². The molecule has 6 heteroatoms. The highest BCUT2D eigenvalue weighted by Gasteiger charge is 2.23. The van der Waals surface area contributed by atoms with E-state index in [-0.39, 0.29) is 26.7 Å². The highest BCUT2D eigenvalue weighted by Crippen LogP contribution is 2.29. The van der Waals surface area contributed by atoms with Crippen LogP contribution in [0.4, 0.5) is 0 Å². The van der Waals surface area contributed by atoms with E-state index in [1.54, 1.807) is 20.0 Å². The van der Waals surface area contributed by atoms with Crippen molar-refractivity contribution in [2.24, 2.45) is 0 Å². The van der Waals surface area contributed by atoms with E-state index >= 15 is 0 Å². The van der Waals surface area contributed by atoms with E-state index in [4.69, 9.17) is 23.2 Å². The van der Waals surface area contributed by atoms with Crippen molar-refractivity contribution >= 4 is 33.0 Å². The Morgan fingerprint density at radius 2 is 1.81 bits per heavy atom. The molecule has 0 radical (unpaired) electrons. The minimum absolute atomic E-state index is 0.0143. The normalized spacial score (nSPS) is 13.8. The van der Waals surface area contributed by atoms with Crippen LogP contribution in [0, 0.1) is 0 Å². The van der Waals surface area contributed by atoms with Crippen molar-refractivity contribution in [1.29, 1.82) is 0 Å². The van der Waals surface area contributed by atoms with Crippen molar-refractivity contribution in [2.45, 2.75) is 17.9 Å². The summed E-state index contributed by atoms with van der Waals surface area (Å²) in [4.78, 5) is 0.0143. The van der Waals surface area contributed by atoms with Crippen molar-refractivity contribution in [3.63, 3.8) is 0 Å². The predicted molar refractivity (Wildman–Crippen MR) is 67.0 cm³/mol. The zero-order valence-corrected chi connectivity index (χ0v) is 11.3. The summed E-state index contributed by atoms with van der Waals surface area (Å²) >= 11 is 11.7. The summed E-state index contributed by atoms with van der Waals surface area (Å²) in [5.41, 5.74) is 0. The summed E-state index contributed by atoms with van der Waals surface area (Å²) in [6.45, 7) is 1.78. The van der Waals surface area contributed by atoms with Crippen LogP contribution in [0.15, 0.2) is 23.1 Å². The molecule has 16 heavy (non-hydrogen) atoms. The molecule has 0 amide bonds. The lowest BCUT2D eigenvalue weighted by molar-refractivity contribution is 0.578. The fourth-order valence-corrected chi connectivity index (χ4v) is 4.10. The minimum Gasteiger partial charge on any atom is -0.316 e. The van der Waals surface area contributed by atoms with Crippen LogP contribution in [0.25, 0.3) is 0 Å². The molecule has 0 aliphatic heterocycles. The Labute approximate surface area is 106 Å². The van der Waals surface area contributed by atoms with Crippen molar-refractivity contribution in [1.82, 2.24) is 5.32 Å². The Kier molecular flexibility index (Phi) is 4.62. The quantitative estimate of drug-likeness (QED) is 0.922. The molecule has 1 aromatic rings.